The van der Waals surface area contributed by atoms with Gasteiger partial charge in [0.05, 0.1) is 0 Å². The molecule has 1 amide bonds. The number of nitrogens with one attached hydrogen (secondary N) is 1. The molecule has 9 nitrogen and oxygen atoms in total. The predicted octanol–water partition coefficient (Wildman–Crippen LogP) is 2.78. The fourth-order valence-corrected chi connectivity index (χ4v) is 3.34. The van der Waals surface area contributed by atoms with Crippen LogP contribution in [0, 0.1) is 11.3 Å². The molecule has 2 atom stereocenters. The first-order chi connectivity index (χ1) is 12.2. The first kappa shape index (κ1) is 21.9. The highest BCUT2D eigenvalue weighted by atomic mass is 32.2. The smallest absolute Gasteiger partial charge is 0.352 e. The summed E-state index contributed by atoms with van der Waals surface area (Å²) in [6.07, 6.45) is 4.21. The third-order valence-electron chi connectivity index (χ3n) is 4.16. The highest BCUT2D eigenvalue weighted by Crippen LogP contribution is 2.51. The maximum atomic E-state index is 12.0. The molecule has 26 heavy (non-hydrogen) atoms. The predicted molar refractivity (Wildman–Crippen MR) is 97.5 cm³/mol. The minimum atomic E-state index is -1.16. The van der Waals surface area contributed by atoms with Crippen molar-refractivity contribution in [2.45, 2.75) is 45.6 Å². The summed E-state index contributed by atoms with van der Waals surface area (Å²) in [5.41, 5.74) is 8.13. The lowest BCUT2D eigenvalue weighted by molar-refractivity contribution is -0.138. The van der Waals surface area contributed by atoms with Crippen LogP contribution in [0.25, 0.3) is 10.4 Å². The third kappa shape index (κ3) is 7.37. The Morgan fingerprint density at radius 1 is 1.38 bits per heavy atom. The molecule has 0 aliphatic heterocycles. The Hall–Kier alpha value is -2.19. The molecule has 0 saturated heterocycles. The van der Waals surface area contributed by atoms with E-state index < -0.39 is 18.0 Å². The van der Waals surface area contributed by atoms with Crippen molar-refractivity contribution in [2.24, 2.45) is 16.4 Å². The van der Waals surface area contributed by atoms with E-state index in [-0.39, 0.29) is 28.7 Å². The number of carbonyl (C=O) groups excluding carboxylic acids is 1. The Labute approximate surface area is 155 Å². The summed E-state index contributed by atoms with van der Waals surface area (Å²) in [5.74, 6) is -1.84. The van der Waals surface area contributed by atoms with Crippen molar-refractivity contribution in [2.75, 3.05) is 11.5 Å². The maximum absolute atomic E-state index is 12.0. The largest absolute Gasteiger partial charge is 0.481 e. The third-order valence-corrected chi connectivity index (χ3v) is 5.29. The van der Waals surface area contributed by atoms with E-state index in [2.05, 4.69) is 15.3 Å². The summed E-state index contributed by atoms with van der Waals surface area (Å²) >= 11 is 1.36. The van der Waals surface area contributed by atoms with Gasteiger partial charge in [-0.2, -0.15) is 11.8 Å². The normalized spacial score (nSPS) is 19.2. The lowest BCUT2D eigenvalue weighted by Crippen LogP contribution is -2.29. The van der Waals surface area contributed by atoms with E-state index in [1.807, 2.05) is 13.8 Å². The van der Waals surface area contributed by atoms with Crippen molar-refractivity contribution < 1.29 is 24.6 Å². The summed E-state index contributed by atoms with van der Waals surface area (Å²) in [6, 6.07) is -1.08. The van der Waals surface area contributed by atoms with Gasteiger partial charge in [-0.3, -0.25) is 9.59 Å². The Bertz CT molecular complexity index is 626. The minimum Gasteiger partial charge on any atom is -0.481 e. The van der Waals surface area contributed by atoms with Gasteiger partial charge in [-0.25, -0.2) is 4.79 Å². The maximum Gasteiger partial charge on any atom is 0.352 e. The van der Waals surface area contributed by atoms with Crippen molar-refractivity contribution in [1.29, 1.82) is 0 Å². The van der Waals surface area contributed by atoms with E-state index in [9.17, 15) is 19.5 Å². The molecule has 0 spiro atoms. The highest BCUT2D eigenvalue weighted by Gasteiger charge is 2.50. The van der Waals surface area contributed by atoms with Gasteiger partial charge in [0, 0.05) is 16.6 Å². The van der Waals surface area contributed by atoms with E-state index >= 15 is 0 Å². The second-order valence-electron chi connectivity index (χ2n) is 6.79. The Morgan fingerprint density at radius 2 is 2.04 bits per heavy atom. The summed E-state index contributed by atoms with van der Waals surface area (Å²) in [4.78, 5) is 36.5. The van der Waals surface area contributed by atoms with Gasteiger partial charge < -0.3 is 15.5 Å². The van der Waals surface area contributed by atoms with Crippen LogP contribution in [0.4, 0.5) is 0 Å². The number of carboxylic acids is 2. The van der Waals surface area contributed by atoms with Gasteiger partial charge in [0.15, 0.2) is 0 Å². The molecule has 1 aliphatic carbocycles. The number of hydrogen-bond acceptors (Lipinski definition) is 5. The van der Waals surface area contributed by atoms with Crippen molar-refractivity contribution >= 4 is 29.6 Å². The van der Waals surface area contributed by atoms with Crippen LogP contribution in [-0.2, 0) is 14.4 Å². The van der Waals surface area contributed by atoms with E-state index in [4.69, 9.17) is 10.6 Å². The van der Waals surface area contributed by atoms with E-state index in [1.54, 1.807) is 0 Å². The van der Waals surface area contributed by atoms with Crippen LogP contribution in [0.1, 0.15) is 39.5 Å². The molecule has 0 aromatic heterocycles. The molecular weight excluding hydrogens is 360 g/mol. The van der Waals surface area contributed by atoms with Crippen LogP contribution in [-0.4, -0.2) is 45.6 Å². The van der Waals surface area contributed by atoms with Crippen LogP contribution in [0.2, 0.25) is 0 Å². The van der Waals surface area contributed by atoms with Gasteiger partial charge in [0.1, 0.15) is 11.7 Å². The second kappa shape index (κ2) is 10.1. The molecule has 0 aromatic carbocycles. The van der Waals surface area contributed by atoms with Crippen LogP contribution < -0.4 is 5.32 Å². The summed E-state index contributed by atoms with van der Waals surface area (Å²) in [6.45, 7) is 3.94. The quantitative estimate of drug-likeness (QED) is 0.155. The number of nitrogens with zero attached hydrogens (tertiary/aromatic N) is 3. The molecule has 2 unspecified atom stereocenters. The SMILES string of the molecule is CC1(C)CC1C(=O)N/C(=C\CCCCSCC(N=[N+]=[N-])C(=O)O)C(=O)O. The molecule has 0 aromatic rings. The molecular formula is C16H24N4O5S. The number of rotatable bonds is 12. The number of hydrogen-bond donors (Lipinski definition) is 3. The number of carboxylic acid groups (broad SMARTS) is 2. The van der Waals surface area contributed by atoms with Crippen LogP contribution in [0.15, 0.2) is 16.9 Å². The number of azide groups is 1. The fraction of sp³-hybridized carbons (Fsp3) is 0.688. The number of aliphatic carboxylic acids is 2. The molecule has 0 bridgehead atoms. The average Bonchev–Trinajstić information content (AvgIpc) is 3.19. The topological polar surface area (TPSA) is 152 Å². The second-order valence-corrected chi connectivity index (χ2v) is 7.94. The van der Waals surface area contributed by atoms with E-state index in [0.29, 0.717) is 18.6 Å². The zero-order chi connectivity index (χ0) is 19.7. The first-order valence-corrected chi connectivity index (χ1v) is 9.43. The van der Waals surface area contributed by atoms with Gasteiger partial charge >= 0.3 is 11.9 Å². The number of amides is 1. The summed E-state index contributed by atoms with van der Waals surface area (Å²) < 4.78 is 0. The van der Waals surface area contributed by atoms with Crippen LogP contribution >= 0.6 is 11.8 Å². The Morgan fingerprint density at radius 3 is 2.54 bits per heavy atom. The van der Waals surface area contributed by atoms with Gasteiger partial charge in [-0.1, -0.05) is 25.0 Å². The first-order valence-electron chi connectivity index (χ1n) is 8.28. The summed E-state index contributed by atoms with van der Waals surface area (Å²) in [5, 5.41) is 23.7. The monoisotopic (exact) mass is 384 g/mol. The van der Waals surface area contributed by atoms with Crippen molar-refractivity contribution in [1.82, 2.24) is 5.32 Å². The van der Waals surface area contributed by atoms with Crippen LogP contribution in [0.5, 0.6) is 0 Å². The van der Waals surface area contributed by atoms with Gasteiger partial charge in [0.25, 0.3) is 0 Å². The van der Waals surface area contributed by atoms with Gasteiger partial charge in [0.2, 0.25) is 5.91 Å². The zero-order valence-corrected chi connectivity index (χ0v) is 15.7. The van der Waals surface area contributed by atoms with E-state index in [1.165, 1.54) is 17.8 Å². The van der Waals surface area contributed by atoms with E-state index in [0.717, 1.165) is 12.8 Å². The standard InChI is InChI=1S/C16H24N4O5S/c1-16(2)8-10(16)13(21)18-11(14(22)23)6-4-3-5-7-26-9-12(15(24)25)19-20-17/h6,10,12H,3-5,7-9H2,1-2H3,(H,18,21)(H,22,23)(H,24,25)/b11-6-. The van der Waals surface area contributed by atoms with Crippen molar-refractivity contribution in [3.63, 3.8) is 0 Å². The zero-order valence-electron chi connectivity index (χ0n) is 14.8. The molecule has 1 saturated carbocycles. The molecule has 1 aliphatic rings. The molecule has 10 heteroatoms. The summed E-state index contributed by atoms with van der Waals surface area (Å²) in [7, 11) is 0. The van der Waals surface area contributed by atoms with Gasteiger partial charge in [-0.05, 0) is 42.4 Å². The molecule has 1 rings (SSSR count). The minimum absolute atomic E-state index is 0.0612. The molecule has 3 N–H and O–H groups in total. The van der Waals surface area contributed by atoms with Crippen LogP contribution in [0.3, 0.4) is 0 Å². The molecule has 0 heterocycles. The van der Waals surface area contributed by atoms with Gasteiger partial charge in [-0.15, -0.1) is 0 Å². The average molecular weight is 384 g/mol. The van der Waals surface area contributed by atoms with Crippen molar-refractivity contribution in [3.8, 4) is 0 Å². The Kier molecular flexibility index (Phi) is 8.47. The molecule has 0 radical (unpaired) electrons. The number of allylic oxidation sites excluding steroid dienone is 1. The lowest BCUT2D eigenvalue weighted by atomic mass is 10.1. The number of thioether (sulfide) groups is 1. The fourth-order valence-electron chi connectivity index (χ4n) is 2.33. The molecule has 1 fully saturated rings. The highest BCUT2D eigenvalue weighted by molar-refractivity contribution is 7.99. The Balaban J connectivity index is 2.29. The van der Waals surface area contributed by atoms with Crippen molar-refractivity contribution in [3.05, 3.63) is 22.2 Å². The number of unbranched alkanes of at least 4 members (excludes halogenated alkanes) is 2. The lowest BCUT2D eigenvalue weighted by Gasteiger charge is -2.07. The molecule has 144 valence electrons. The number of carbonyl (C=O) groups is 3.